The second kappa shape index (κ2) is 3.54. The zero-order valence-corrected chi connectivity index (χ0v) is 7.06. The van der Waals surface area contributed by atoms with Crippen molar-refractivity contribution < 1.29 is 4.79 Å². The average Bonchev–Trinajstić information content (AvgIpc) is 2.04. The zero-order valence-electron chi connectivity index (χ0n) is 6.30. The summed E-state index contributed by atoms with van der Waals surface area (Å²) in [6.07, 6.45) is 0. The number of hydrogen-bond acceptors (Lipinski definition) is 1. The molecule has 0 aromatic heterocycles. The maximum absolute atomic E-state index is 11.0. The lowest BCUT2D eigenvalue weighted by atomic mass is 10.1. The van der Waals surface area contributed by atoms with Crippen LogP contribution in [0.25, 0.3) is 0 Å². The van der Waals surface area contributed by atoms with Crippen molar-refractivity contribution in [3.8, 4) is 0 Å². The molecule has 0 aliphatic rings. The predicted molar refractivity (Wildman–Crippen MR) is 46.0 cm³/mol. The lowest BCUT2D eigenvalue weighted by Gasteiger charge is -2.00. The summed E-state index contributed by atoms with van der Waals surface area (Å²) in [5, 5.41) is 0. The molecule has 58 valence electrons. The minimum absolute atomic E-state index is 0.0706. The number of ketones is 1. The fraction of sp³-hybridized carbons (Fsp3) is 0.222. The van der Waals surface area contributed by atoms with Gasteiger partial charge in [0.25, 0.3) is 0 Å². The zero-order chi connectivity index (χ0) is 8.27. The molecule has 0 aliphatic carbocycles. The molecule has 2 heteroatoms. The molecule has 1 nitrogen and oxygen atoms in total. The van der Waals surface area contributed by atoms with Crippen molar-refractivity contribution in [2.24, 2.45) is 0 Å². The van der Waals surface area contributed by atoms with Gasteiger partial charge in [0.05, 0.1) is 0 Å². The van der Waals surface area contributed by atoms with Gasteiger partial charge in [0, 0.05) is 11.4 Å². The molecule has 1 aromatic carbocycles. The predicted octanol–water partition coefficient (Wildman–Crippen LogP) is 2.63. The van der Waals surface area contributed by atoms with E-state index in [9.17, 15) is 4.79 Å². The van der Waals surface area contributed by atoms with Crippen LogP contribution in [0.15, 0.2) is 24.3 Å². The standard InChI is InChI=1S/C9H9ClO/c1-7(11)9-5-3-2-4-8(9)6-10/h2-5H,6H2,1H3. The molecule has 0 aliphatic heterocycles. The van der Waals surface area contributed by atoms with Crippen molar-refractivity contribution in [3.05, 3.63) is 35.4 Å². The lowest BCUT2D eigenvalue weighted by Crippen LogP contribution is -1.96. The number of carbonyl (C=O) groups excluding carboxylic acids is 1. The molecule has 0 radical (unpaired) electrons. The first kappa shape index (κ1) is 8.28. The van der Waals surface area contributed by atoms with Crippen LogP contribution in [0.4, 0.5) is 0 Å². The SMILES string of the molecule is CC(=O)c1ccccc1CCl. The first-order valence-electron chi connectivity index (χ1n) is 3.40. The van der Waals surface area contributed by atoms with Crippen molar-refractivity contribution in [2.45, 2.75) is 12.8 Å². The Morgan fingerprint density at radius 3 is 2.55 bits per heavy atom. The molecule has 0 unspecified atom stereocenters. The molecule has 0 atom stereocenters. The summed E-state index contributed by atoms with van der Waals surface area (Å²) in [6.45, 7) is 1.55. The molecule has 0 amide bonds. The van der Waals surface area contributed by atoms with Crippen LogP contribution in [0.2, 0.25) is 0 Å². The van der Waals surface area contributed by atoms with Gasteiger partial charge in [0.2, 0.25) is 0 Å². The summed E-state index contributed by atoms with van der Waals surface area (Å²) >= 11 is 5.62. The van der Waals surface area contributed by atoms with Crippen LogP contribution in [0.5, 0.6) is 0 Å². The third-order valence-corrected chi connectivity index (χ3v) is 1.83. The Labute approximate surface area is 71.0 Å². The van der Waals surface area contributed by atoms with Crippen LogP contribution < -0.4 is 0 Å². The van der Waals surface area contributed by atoms with E-state index in [1.807, 2.05) is 18.2 Å². The fourth-order valence-electron chi connectivity index (χ4n) is 0.980. The molecule has 0 N–H and O–H groups in total. The molecular formula is C9H9ClO. The van der Waals surface area contributed by atoms with Crippen LogP contribution >= 0.6 is 11.6 Å². The smallest absolute Gasteiger partial charge is 0.160 e. The van der Waals surface area contributed by atoms with Gasteiger partial charge < -0.3 is 0 Å². The number of rotatable bonds is 2. The van der Waals surface area contributed by atoms with E-state index in [1.165, 1.54) is 0 Å². The Balaban J connectivity index is 3.12. The lowest BCUT2D eigenvalue weighted by molar-refractivity contribution is 0.101. The molecule has 0 spiro atoms. The number of alkyl halides is 1. The normalized spacial score (nSPS) is 9.64. The largest absolute Gasteiger partial charge is 0.295 e. The second-order valence-electron chi connectivity index (χ2n) is 2.35. The van der Waals surface area contributed by atoms with Gasteiger partial charge in [-0.05, 0) is 12.5 Å². The van der Waals surface area contributed by atoms with E-state index in [4.69, 9.17) is 11.6 Å². The number of halogens is 1. The van der Waals surface area contributed by atoms with Gasteiger partial charge >= 0.3 is 0 Å². The topological polar surface area (TPSA) is 17.1 Å². The van der Waals surface area contributed by atoms with Crippen molar-refractivity contribution in [3.63, 3.8) is 0 Å². The summed E-state index contributed by atoms with van der Waals surface area (Å²) in [6, 6.07) is 7.38. The quantitative estimate of drug-likeness (QED) is 0.490. The Morgan fingerprint density at radius 1 is 1.45 bits per heavy atom. The molecule has 0 saturated heterocycles. The van der Waals surface area contributed by atoms with E-state index < -0.39 is 0 Å². The van der Waals surface area contributed by atoms with Crippen molar-refractivity contribution in [1.29, 1.82) is 0 Å². The second-order valence-corrected chi connectivity index (χ2v) is 2.61. The number of benzene rings is 1. The van der Waals surface area contributed by atoms with Crippen LogP contribution in [-0.2, 0) is 5.88 Å². The monoisotopic (exact) mass is 168 g/mol. The van der Waals surface area contributed by atoms with E-state index >= 15 is 0 Å². The third-order valence-electron chi connectivity index (χ3n) is 1.54. The minimum Gasteiger partial charge on any atom is -0.295 e. The molecule has 1 aromatic rings. The van der Waals surface area contributed by atoms with Gasteiger partial charge in [-0.2, -0.15) is 0 Å². The van der Waals surface area contributed by atoms with Gasteiger partial charge in [-0.3, -0.25) is 4.79 Å². The highest BCUT2D eigenvalue weighted by atomic mass is 35.5. The van der Waals surface area contributed by atoms with E-state index in [0.717, 1.165) is 11.1 Å². The molecule has 0 bridgehead atoms. The van der Waals surface area contributed by atoms with E-state index in [1.54, 1.807) is 13.0 Å². The maximum Gasteiger partial charge on any atom is 0.160 e. The summed E-state index contributed by atoms with van der Waals surface area (Å²) in [7, 11) is 0. The van der Waals surface area contributed by atoms with E-state index in [-0.39, 0.29) is 5.78 Å². The van der Waals surface area contributed by atoms with Gasteiger partial charge in [-0.15, -0.1) is 11.6 Å². The number of Topliss-reactive ketones (excluding diaryl/α,β-unsaturated/α-hetero) is 1. The van der Waals surface area contributed by atoms with Crippen LogP contribution in [0, 0.1) is 0 Å². The number of carbonyl (C=O) groups is 1. The third kappa shape index (κ3) is 1.81. The highest BCUT2D eigenvalue weighted by Gasteiger charge is 2.03. The molecule has 0 heterocycles. The van der Waals surface area contributed by atoms with Crippen LogP contribution in [0.3, 0.4) is 0 Å². The van der Waals surface area contributed by atoms with Gasteiger partial charge in [0.1, 0.15) is 0 Å². The van der Waals surface area contributed by atoms with Gasteiger partial charge in [-0.1, -0.05) is 24.3 Å². The summed E-state index contributed by atoms with van der Waals surface area (Å²) in [4.78, 5) is 11.0. The first-order valence-corrected chi connectivity index (χ1v) is 3.94. The van der Waals surface area contributed by atoms with E-state index in [2.05, 4.69) is 0 Å². The van der Waals surface area contributed by atoms with E-state index in [0.29, 0.717) is 5.88 Å². The highest BCUT2D eigenvalue weighted by Crippen LogP contribution is 2.11. The molecule has 1 rings (SSSR count). The van der Waals surface area contributed by atoms with Crippen LogP contribution in [-0.4, -0.2) is 5.78 Å². The van der Waals surface area contributed by atoms with Crippen LogP contribution in [0.1, 0.15) is 22.8 Å². The Bertz CT molecular complexity index is 268. The summed E-state index contributed by atoms with van der Waals surface area (Å²) < 4.78 is 0. The molecular weight excluding hydrogens is 160 g/mol. The fourth-order valence-corrected chi connectivity index (χ4v) is 1.21. The van der Waals surface area contributed by atoms with Gasteiger partial charge in [-0.25, -0.2) is 0 Å². The van der Waals surface area contributed by atoms with Crippen molar-refractivity contribution in [1.82, 2.24) is 0 Å². The summed E-state index contributed by atoms with van der Waals surface area (Å²) in [5.41, 5.74) is 1.63. The Kier molecular flexibility index (Phi) is 2.66. The van der Waals surface area contributed by atoms with Gasteiger partial charge in [0.15, 0.2) is 5.78 Å². The molecule has 0 saturated carbocycles. The molecule has 0 fully saturated rings. The summed E-state index contributed by atoms with van der Waals surface area (Å²) in [5.74, 6) is 0.469. The average molecular weight is 169 g/mol. The Morgan fingerprint density at radius 2 is 2.09 bits per heavy atom. The highest BCUT2D eigenvalue weighted by molar-refractivity contribution is 6.17. The molecule has 11 heavy (non-hydrogen) atoms. The minimum atomic E-state index is 0.0706. The maximum atomic E-state index is 11.0. The van der Waals surface area contributed by atoms with Crippen molar-refractivity contribution in [2.75, 3.05) is 0 Å². The number of hydrogen-bond donors (Lipinski definition) is 0. The first-order chi connectivity index (χ1) is 5.25. The van der Waals surface area contributed by atoms with Crippen molar-refractivity contribution >= 4 is 17.4 Å². The Hall–Kier alpha value is -0.820.